The number of carbonyl (C=O) groups excluding carboxylic acids is 1. The predicted octanol–water partition coefficient (Wildman–Crippen LogP) is 2.81. The molecule has 0 aliphatic carbocycles. The maximum absolute atomic E-state index is 12.4. The molecule has 0 atom stereocenters. The molecule has 7 nitrogen and oxygen atoms in total. The highest BCUT2D eigenvalue weighted by Gasteiger charge is 2.18. The summed E-state index contributed by atoms with van der Waals surface area (Å²) in [7, 11) is 1.81. The number of carbonyl (C=O) groups is 1. The number of para-hydroxylation sites is 1. The monoisotopic (exact) mass is 432 g/mol. The summed E-state index contributed by atoms with van der Waals surface area (Å²) in [4.78, 5) is 33.3. The van der Waals surface area contributed by atoms with Gasteiger partial charge in [-0.15, -0.1) is 0 Å². The summed E-state index contributed by atoms with van der Waals surface area (Å²) in [6.45, 7) is 6.94. The number of hydrogen-bond donors (Lipinski definition) is 1. The Morgan fingerprint density at radius 3 is 2.78 bits per heavy atom. The summed E-state index contributed by atoms with van der Waals surface area (Å²) in [5, 5.41) is 0.408. The van der Waals surface area contributed by atoms with Gasteiger partial charge in [-0.25, -0.2) is 4.99 Å². The summed E-state index contributed by atoms with van der Waals surface area (Å²) < 4.78 is 7.84. The Bertz CT molecular complexity index is 1290. The number of imidazole rings is 1. The predicted molar refractivity (Wildman–Crippen MR) is 125 cm³/mol. The van der Waals surface area contributed by atoms with E-state index in [0.29, 0.717) is 30.5 Å². The molecule has 0 fully saturated rings. The van der Waals surface area contributed by atoms with Crippen molar-refractivity contribution in [2.75, 3.05) is 18.6 Å². The lowest BCUT2D eigenvalue weighted by Gasteiger charge is -2.18. The summed E-state index contributed by atoms with van der Waals surface area (Å²) in [6, 6.07) is 13.7. The summed E-state index contributed by atoms with van der Waals surface area (Å²) in [5.41, 5.74) is 4.04. The molecule has 0 saturated heterocycles. The van der Waals surface area contributed by atoms with Crippen LogP contribution in [0.5, 0.6) is 5.75 Å². The van der Waals surface area contributed by atoms with Gasteiger partial charge in [-0.3, -0.25) is 14.6 Å². The second-order valence-corrected chi connectivity index (χ2v) is 8.14. The van der Waals surface area contributed by atoms with Crippen molar-refractivity contribution in [3.8, 4) is 5.75 Å². The molecule has 3 aromatic rings. The molecule has 32 heavy (non-hydrogen) atoms. The molecule has 0 bridgehead atoms. The van der Waals surface area contributed by atoms with Crippen LogP contribution in [0.3, 0.4) is 0 Å². The fourth-order valence-corrected chi connectivity index (χ4v) is 3.90. The fourth-order valence-electron chi connectivity index (χ4n) is 3.90. The van der Waals surface area contributed by atoms with Crippen molar-refractivity contribution in [1.82, 2.24) is 9.55 Å². The second kappa shape index (κ2) is 9.26. The Morgan fingerprint density at radius 1 is 1.22 bits per heavy atom. The summed E-state index contributed by atoms with van der Waals surface area (Å²) in [5.74, 6) is 0.837. The normalized spacial score (nSPS) is 11.9. The first-order valence-corrected chi connectivity index (χ1v) is 10.9. The van der Waals surface area contributed by atoms with Gasteiger partial charge in [-0.2, -0.15) is 0 Å². The van der Waals surface area contributed by atoms with Gasteiger partial charge in [0.2, 0.25) is 11.5 Å². The highest BCUT2D eigenvalue weighted by Crippen LogP contribution is 2.34. The third-order valence-electron chi connectivity index (χ3n) is 5.72. The zero-order chi connectivity index (χ0) is 22.7. The van der Waals surface area contributed by atoms with Gasteiger partial charge in [0.1, 0.15) is 16.8 Å². The summed E-state index contributed by atoms with van der Waals surface area (Å²) >= 11 is 0. The number of amides is 1. The van der Waals surface area contributed by atoms with Crippen LogP contribution in [0.4, 0.5) is 11.4 Å². The summed E-state index contributed by atoms with van der Waals surface area (Å²) in [6.07, 6.45) is 3.08. The Balaban J connectivity index is 1.31. The van der Waals surface area contributed by atoms with Crippen molar-refractivity contribution >= 4 is 23.9 Å². The van der Waals surface area contributed by atoms with Crippen LogP contribution in [0.1, 0.15) is 36.8 Å². The number of aryl methyl sites for hydroxylation is 1. The topological polar surface area (TPSA) is 79.7 Å². The molecule has 166 valence electrons. The van der Waals surface area contributed by atoms with Gasteiger partial charge < -0.3 is 14.2 Å². The van der Waals surface area contributed by atoms with E-state index < -0.39 is 0 Å². The van der Waals surface area contributed by atoms with Crippen LogP contribution in [0.2, 0.25) is 0 Å². The first-order chi connectivity index (χ1) is 15.4. The van der Waals surface area contributed by atoms with Crippen molar-refractivity contribution < 1.29 is 9.53 Å². The van der Waals surface area contributed by atoms with E-state index in [1.165, 1.54) is 0 Å². The van der Waals surface area contributed by atoms with Crippen molar-refractivity contribution in [3.05, 3.63) is 74.9 Å². The Morgan fingerprint density at radius 2 is 2.00 bits per heavy atom. The number of benzene rings is 2. The Hall–Kier alpha value is -3.61. The van der Waals surface area contributed by atoms with Crippen molar-refractivity contribution in [2.45, 2.75) is 39.2 Å². The lowest BCUT2D eigenvalue weighted by Crippen LogP contribution is -2.32. The molecule has 0 saturated carbocycles. The van der Waals surface area contributed by atoms with Crippen LogP contribution in [0.15, 0.2) is 52.3 Å². The number of nitrogens with zero attached hydrogens (tertiary/aromatic N) is 3. The molecular formula is C25H28N4O3. The first-order valence-electron chi connectivity index (χ1n) is 10.9. The number of anilines is 1. The van der Waals surface area contributed by atoms with Gasteiger partial charge in [-0.1, -0.05) is 30.8 Å². The Labute approximate surface area is 186 Å². The molecule has 4 rings (SSSR count). The van der Waals surface area contributed by atoms with Gasteiger partial charge in [0, 0.05) is 24.7 Å². The van der Waals surface area contributed by atoms with E-state index in [0.717, 1.165) is 47.5 Å². The molecule has 1 aliphatic rings. The molecule has 1 aliphatic heterocycles. The second-order valence-electron chi connectivity index (χ2n) is 8.14. The maximum atomic E-state index is 12.4. The Kier molecular flexibility index (Phi) is 6.25. The van der Waals surface area contributed by atoms with Crippen LogP contribution in [0.25, 0.3) is 6.58 Å². The minimum absolute atomic E-state index is 0.116. The number of fused-ring (bicyclic) bond motifs is 2. The maximum Gasteiger partial charge on any atom is 0.274 e. The highest BCUT2D eigenvalue weighted by molar-refractivity contribution is 5.92. The van der Waals surface area contributed by atoms with Crippen molar-refractivity contribution in [3.63, 3.8) is 0 Å². The van der Waals surface area contributed by atoms with Crippen molar-refractivity contribution in [2.24, 2.45) is 4.99 Å². The minimum atomic E-state index is -0.219. The van der Waals surface area contributed by atoms with E-state index in [9.17, 15) is 9.59 Å². The molecule has 1 aromatic heterocycles. The van der Waals surface area contributed by atoms with Gasteiger partial charge >= 0.3 is 0 Å². The molecule has 1 amide bonds. The highest BCUT2D eigenvalue weighted by atomic mass is 16.5. The number of aromatic amines is 1. The van der Waals surface area contributed by atoms with E-state index in [4.69, 9.17) is 4.74 Å². The number of unbranched alkanes of at least 4 members (excludes halogenated alkanes) is 2. The number of ether oxygens (including phenoxy) is 1. The zero-order valence-corrected chi connectivity index (χ0v) is 18.6. The zero-order valence-electron chi connectivity index (χ0n) is 18.6. The van der Waals surface area contributed by atoms with Crippen LogP contribution in [0, 0.1) is 6.92 Å². The van der Waals surface area contributed by atoms with Crippen LogP contribution < -0.4 is 26.2 Å². The average molecular weight is 433 g/mol. The molecule has 1 N–H and O–H groups in total. The van der Waals surface area contributed by atoms with Crippen molar-refractivity contribution in [1.29, 1.82) is 0 Å². The van der Waals surface area contributed by atoms with Gasteiger partial charge in [0.05, 0.1) is 13.2 Å². The lowest BCUT2D eigenvalue weighted by atomic mass is 10.1. The van der Waals surface area contributed by atoms with Gasteiger partial charge in [-0.05, 0) is 49.9 Å². The van der Waals surface area contributed by atoms with E-state index in [1.807, 2.05) is 50.4 Å². The first kappa shape index (κ1) is 21.6. The molecule has 7 heteroatoms. The van der Waals surface area contributed by atoms with E-state index in [1.54, 1.807) is 9.47 Å². The van der Waals surface area contributed by atoms with E-state index >= 15 is 0 Å². The molecule has 0 radical (unpaired) electrons. The average Bonchev–Trinajstić information content (AvgIpc) is 3.07. The third kappa shape index (κ3) is 4.51. The van der Waals surface area contributed by atoms with Gasteiger partial charge in [0.15, 0.2) is 0 Å². The smallest absolute Gasteiger partial charge is 0.274 e. The standard InChI is InChI=1S/C25H28N4O3/c1-17-14-19-16-29-18(2)24(31)27-25(29)26-23(19)21(15-17)32-13-9-5-8-12-22(30)28(3)20-10-6-4-7-11-20/h4,6-7,10-11,14-15H,2,5,8-9,12-13,16H2,1,3H3,(H,26,27,31). The largest absolute Gasteiger partial charge is 0.491 e. The number of aromatic nitrogens is 2. The number of H-pyrrole nitrogens is 1. The minimum Gasteiger partial charge on any atom is -0.491 e. The molecule has 2 heterocycles. The van der Waals surface area contributed by atoms with Crippen LogP contribution >= 0.6 is 0 Å². The fraction of sp³-hybridized carbons (Fsp3) is 0.320. The third-order valence-corrected chi connectivity index (χ3v) is 5.72. The molecule has 0 spiro atoms. The molecule has 2 aromatic carbocycles. The number of hydrogen-bond acceptors (Lipinski definition) is 4. The molecule has 0 unspecified atom stereocenters. The van der Waals surface area contributed by atoms with Crippen LogP contribution in [-0.2, 0) is 11.3 Å². The van der Waals surface area contributed by atoms with Gasteiger partial charge in [0.25, 0.3) is 5.56 Å². The van der Waals surface area contributed by atoms with E-state index in [2.05, 4.69) is 22.6 Å². The quantitative estimate of drug-likeness (QED) is 0.435. The molecular weight excluding hydrogens is 404 g/mol. The van der Waals surface area contributed by atoms with E-state index in [-0.39, 0.29) is 11.5 Å². The van der Waals surface area contributed by atoms with Crippen LogP contribution in [-0.4, -0.2) is 29.1 Å². The number of nitrogens with one attached hydrogen (secondary N) is 1. The lowest BCUT2D eigenvalue weighted by molar-refractivity contribution is -0.118. The SMILES string of the molecule is C=c1c(=O)[nH]c2n1Cc1cc(C)cc(OCCCCCC(=O)N(C)c3ccccc3)c1N=2. The number of rotatable bonds is 8.